The van der Waals surface area contributed by atoms with Crippen molar-refractivity contribution in [3.8, 4) is 0 Å². The molecule has 10 heteroatoms. The molecule has 0 aliphatic heterocycles. The lowest BCUT2D eigenvalue weighted by molar-refractivity contribution is -0.138. The van der Waals surface area contributed by atoms with Crippen LogP contribution in [0.3, 0.4) is 0 Å². The van der Waals surface area contributed by atoms with Crippen molar-refractivity contribution >= 4 is 40.5 Å². The maximum atomic E-state index is 12.6. The lowest BCUT2D eigenvalue weighted by Gasteiger charge is -2.15. The Balaban J connectivity index is 1.84. The summed E-state index contributed by atoms with van der Waals surface area (Å²) in [5, 5.41) is 23.6. The molecule has 0 aliphatic rings. The van der Waals surface area contributed by atoms with Gasteiger partial charge in [0.1, 0.15) is 6.04 Å². The molecule has 166 valence electrons. The second kappa shape index (κ2) is 9.73. The Kier molecular flexibility index (Phi) is 6.83. The lowest BCUT2D eigenvalue weighted by atomic mass is 10.1. The molecule has 0 fully saturated rings. The largest absolute Gasteiger partial charge is 0.481 e. The van der Waals surface area contributed by atoms with E-state index < -0.39 is 29.5 Å². The van der Waals surface area contributed by atoms with E-state index in [0.29, 0.717) is 11.3 Å². The van der Waals surface area contributed by atoms with Gasteiger partial charge in [0.05, 0.1) is 17.3 Å². The molecule has 0 bridgehead atoms. The average Bonchev–Trinajstić information content (AvgIpc) is 2.74. The molecule has 3 aromatic rings. The summed E-state index contributed by atoms with van der Waals surface area (Å²) in [6.07, 6.45) is -0.370. The minimum absolute atomic E-state index is 0.126. The van der Waals surface area contributed by atoms with E-state index in [1.54, 1.807) is 31.2 Å². The number of carboxylic acids is 2. The number of carbonyl (C=O) groups excluding carboxylic acids is 1. The number of aryl methyl sites for hydroxylation is 1. The van der Waals surface area contributed by atoms with Crippen molar-refractivity contribution in [2.45, 2.75) is 32.2 Å². The third-order valence-electron chi connectivity index (χ3n) is 4.78. The zero-order valence-corrected chi connectivity index (χ0v) is 17.1. The summed E-state index contributed by atoms with van der Waals surface area (Å²) >= 11 is 0. The normalized spacial score (nSPS) is 11.7. The SMILES string of the molecule is Cc1c(NC(=O)CCC(=O)O)ccc2nc(N[C@@H](Cc3ccccc3)C(=O)O)oc(=O)c12. The third kappa shape index (κ3) is 5.48. The summed E-state index contributed by atoms with van der Waals surface area (Å²) in [7, 11) is 0. The number of fused-ring (bicyclic) bond motifs is 1. The Morgan fingerprint density at radius 1 is 1.06 bits per heavy atom. The Morgan fingerprint density at radius 2 is 1.78 bits per heavy atom. The highest BCUT2D eigenvalue weighted by molar-refractivity contribution is 5.96. The molecular weight excluding hydrogens is 418 g/mol. The molecule has 32 heavy (non-hydrogen) atoms. The van der Waals surface area contributed by atoms with Gasteiger partial charge < -0.3 is 25.3 Å². The van der Waals surface area contributed by atoms with Gasteiger partial charge in [-0.3, -0.25) is 9.59 Å². The van der Waals surface area contributed by atoms with E-state index in [9.17, 15) is 24.3 Å². The van der Waals surface area contributed by atoms with Crippen molar-refractivity contribution in [1.82, 2.24) is 4.98 Å². The smallest absolute Gasteiger partial charge is 0.348 e. The van der Waals surface area contributed by atoms with E-state index in [1.807, 2.05) is 6.07 Å². The summed E-state index contributed by atoms with van der Waals surface area (Å²) in [5.74, 6) is -2.73. The molecule has 2 aromatic carbocycles. The highest BCUT2D eigenvalue weighted by Crippen LogP contribution is 2.23. The minimum atomic E-state index is -1.13. The maximum Gasteiger partial charge on any atom is 0.348 e. The van der Waals surface area contributed by atoms with Gasteiger partial charge in [-0.2, -0.15) is 4.98 Å². The van der Waals surface area contributed by atoms with Crippen molar-refractivity contribution < 1.29 is 29.0 Å². The van der Waals surface area contributed by atoms with Crippen LogP contribution in [-0.4, -0.2) is 39.1 Å². The van der Waals surface area contributed by atoms with Gasteiger partial charge in [-0.15, -0.1) is 0 Å². The van der Waals surface area contributed by atoms with Crippen LogP contribution in [0.5, 0.6) is 0 Å². The van der Waals surface area contributed by atoms with Crippen LogP contribution in [0.25, 0.3) is 10.9 Å². The number of nitrogens with one attached hydrogen (secondary N) is 2. The highest BCUT2D eigenvalue weighted by Gasteiger charge is 2.21. The van der Waals surface area contributed by atoms with Crippen LogP contribution in [0.4, 0.5) is 11.7 Å². The summed E-state index contributed by atoms with van der Waals surface area (Å²) in [4.78, 5) is 51.0. The van der Waals surface area contributed by atoms with Crippen LogP contribution in [0.1, 0.15) is 24.0 Å². The number of carboxylic acid groups (broad SMARTS) is 2. The van der Waals surface area contributed by atoms with Gasteiger partial charge in [-0.25, -0.2) is 9.59 Å². The quantitative estimate of drug-likeness (QED) is 0.393. The van der Waals surface area contributed by atoms with E-state index in [4.69, 9.17) is 9.52 Å². The van der Waals surface area contributed by atoms with Crippen molar-refractivity contribution in [3.63, 3.8) is 0 Å². The number of hydrogen-bond acceptors (Lipinski definition) is 7. The second-order valence-electron chi connectivity index (χ2n) is 7.11. The number of hydrogen-bond donors (Lipinski definition) is 4. The molecule has 3 rings (SSSR count). The Morgan fingerprint density at radius 3 is 2.44 bits per heavy atom. The number of nitrogens with zero attached hydrogens (tertiary/aromatic N) is 1. The Hall–Kier alpha value is -4.21. The molecule has 0 radical (unpaired) electrons. The van der Waals surface area contributed by atoms with Gasteiger partial charge in [0, 0.05) is 18.5 Å². The van der Waals surface area contributed by atoms with Crippen molar-refractivity contribution in [3.05, 3.63) is 64.0 Å². The predicted octanol–water partition coefficient (Wildman–Crippen LogP) is 2.41. The third-order valence-corrected chi connectivity index (χ3v) is 4.78. The number of amides is 1. The van der Waals surface area contributed by atoms with Gasteiger partial charge in [0.15, 0.2) is 0 Å². The molecule has 1 aromatic heterocycles. The van der Waals surface area contributed by atoms with Crippen LogP contribution < -0.4 is 16.3 Å². The van der Waals surface area contributed by atoms with Crippen molar-refractivity contribution in [2.24, 2.45) is 0 Å². The Labute approximate surface area is 181 Å². The molecule has 1 atom stereocenters. The lowest BCUT2D eigenvalue weighted by Crippen LogP contribution is -2.32. The summed E-state index contributed by atoms with van der Waals surface area (Å²) < 4.78 is 5.20. The van der Waals surface area contributed by atoms with Gasteiger partial charge in [-0.1, -0.05) is 30.3 Å². The number of benzene rings is 2. The average molecular weight is 439 g/mol. The van der Waals surface area contributed by atoms with Crippen LogP contribution in [0.15, 0.2) is 51.7 Å². The first-order valence-electron chi connectivity index (χ1n) is 9.74. The molecule has 0 aliphatic carbocycles. The molecule has 4 N–H and O–H groups in total. The molecule has 0 spiro atoms. The van der Waals surface area contributed by atoms with E-state index >= 15 is 0 Å². The molecule has 10 nitrogen and oxygen atoms in total. The molecule has 0 saturated carbocycles. The van der Waals surface area contributed by atoms with Crippen LogP contribution in [0.2, 0.25) is 0 Å². The number of carbonyl (C=O) groups is 3. The summed E-state index contributed by atoms with van der Waals surface area (Å²) in [6.45, 7) is 1.59. The number of anilines is 2. The summed E-state index contributed by atoms with van der Waals surface area (Å²) in [5.41, 5.74) is 1.03. The standard InChI is InChI=1S/C22H21N3O7/c1-12-14(23-17(26)9-10-18(27)28)7-8-15-19(12)21(31)32-22(24-15)25-16(20(29)30)11-13-5-3-2-4-6-13/h2-8,16H,9-11H2,1H3,(H,23,26)(H,24,25)(H,27,28)(H,29,30)/t16-/m0/s1. The zero-order valence-electron chi connectivity index (χ0n) is 17.1. The van der Waals surface area contributed by atoms with E-state index in [2.05, 4.69) is 15.6 Å². The van der Waals surface area contributed by atoms with Gasteiger partial charge in [0.2, 0.25) is 5.91 Å². The fourth-order valence-corrected chi connectivity index (χ4v) is 3.15. The summed E-state index contributed by atoms with van der Waals surface area (Å²) in [6, 6.07) is 10.7. The fourth-order valence-electron chi connectivity index (χ4n) is 3.15. The number of aromatic nitrogens is 1. The number of aliphatic carboxylic acids is 2. The topological polar surface area (TPSA) is 159 Å². The zero-order chi connectivity index (χ0) is 23.3. The van der Waals surface area contributed by atoms with Crippen LogP contribution >= 0.6 is 0 Å². The first-order valence-corrected chi connectivity index (χ1v) is 9.74. The van der Waals surface area contributed by atoms with Gasteiger partial charge in [-0.05, 0) is 30.2 Å². The molecule has 0 unspecified atom stereocenters. The highest BCUT2D eigenvalue weighted by atomic mass is 16.4. The molecule has 0 saturated heterocycles. The minimum Gasteiger partial charge on any atom is -0.481 e. The van der Waals surface area contributed by atoms with Crippen molar-refractivity contribution in [2.75, 3.05) is 10.6 Å². The van der Waals surface area contributed by atoms with Gasteiger partial charge in [0.25, 0.3) is 6.01 Å². The monoisotopic (exact) mass is 439 g/mol. The second-order valence-corrected chi connectivity index (χ2v) is 7.11. The molecule has 1 amide bonds. The maximum absolute atomic E-state index is 12.6. The molecular formula is C22H21N3O7. The van der Waals surface area contributed by atoms with Crippen molar-refractivity contribution in [1.29, 1.82) is 0 Å². The fraction of sp³-hybridized carbons (Fsp3) is 0.227. The van der Waals surface area contributed by atoms with Crippen LogP contribution in [0, 0.1) is 6.92 Å². The first kappa shape index (κ1) is 22.5. The molecule has 1 heterocycles. The van der Waals surface area contributed by atoms with Gasteiger partial charge >= 0.3 is 17.6 Å². The predicted molar refractivity (Wildman–Crippen MR) is 116 cm³/mol. The van der Waals surface area contributed by atoms with E-state index in [0.717, 1.165) is 5.56 Å². The van der Waals surface area contributed by atoms with E-state index in [1.165, 1.54) is 12.1 Å². The number of rotatable bonds is 9. The van der Waals surface area contributed by atoms with Crippen LogP contribution in [-0.2, 0) is 20.8 Å². The first-order chi connectivity index (χ1) is 15.2. The van der Waals surface area contributed by atoms with E-state index in [-0.39, 0.29) is 36.2 Å². The Bertz CT molecular complexity index is 1220.